The van der Waals surface area contributed by atoms with Crippen LogP contribution in [0.15, 0.2) is 0 Å². The molecule has 0 aromatic rings. The molecule has 1 fully saturated rings. The van der Waals surface area contributed by atoms with E-state index in [0.717, 1.165) is 0 Å². The van der Waals surface area contributed by atoms with Crippen LogP contribution in [0.3, 0.4) is 0 Å². The predicted octanol–water partition coefficient (Wildman–Crippen LogP) is -0.964. The number of halogens is 1. The first-order chi connectivity index (χ1) is 3.63. The Kier molecular flexibility index (Phi) is 1.22. The second-order valence-corrected chi connectivity index (χ2v) is 1.85. The lowest BCUT2D eigenvalue weighted by Gasteiger charge is -2.11. The van der Waals surface area contributed by atoms with Gasteiger partial charge in [-0.15, -0.1) is 0 Å². The Morgan fingerprint density at radius 3 is 2.50 bits per heavy atom. The van der Waals surface area contributed by atoms with Gasteiger partial charge in [0.25, 0.3) is 5.85 Å². The monoisotopic (exact) mass is 122 g/mol. The fourth-order valence-corrected chi connectivity index (χ4v) is 0.538. The van der Waals surface area contributed by atoms with Crippen LogP contribution < -0.4 is 0 Å². The van der Waals surface area contributed by atoms with Crippen molar-refractivity contribution in [3.8, 4) is 0 Å². The fraction of sp³-hybridized carbons (Fsp3) is 1.00. The molecule has 48 valence electrons. The smallest absolute Gasteiger partial charge is 0.258 e. The van der Waals surface area contributed by atoms with Crippen molar-refractivity contribution in [2.45, 2.75) is 12.0 Å². The van der Waals surface area contributed by atoms with Gasteiger partial charge < -0.3 is 14.9 Å². The topological polar surface area (TPSA) is 49.7 Å². The zero-order valence-corrected chi connectivity index (χ0v) is 4.17. The molecule has 1 saturated heterocycles. The molecule has 0 radical (unpaired) electrons. The molecule has 0 aromatic carbocycles. The minimum Gasteiger partial charge on any atom is -0.385 e. The number of ether oxygens (including phenoxy) is 1. The van der Waals surface area contributed by atoms with Crippen LogP contribution in [0.4, 0.5) is 4.39 Å². The lowest BCUT2D eigenvalue weighted by molar-refractivity contribution is -0.143. The Labute approximate surface area is 45.7 Å². The minimum absolute atomic E-state index is 0.118. The summed E-state index contributed by atoms with van der Waals surface area (Å²) in [5, 5.41) is 16.9. The quantitative estimate of drug-likeness (QED) is 0.435. The zero-order valence-electron chi connectivity index (χ0n) is 4.17. The van der Waals surface area contributed by atoms with E-state index in [-0.39, 0.29) is 6.61 Å². The van der Waals surface area contributed by atoms with E-state index in [4.69, 9.17) is 10.2 Å². The highest BCUT2D eigenvalue weighted by molar-refractivity contribution is 4.80. The maximum absolute atomic E-state index is 12.2. The summed E-state index contributed by atoms with van der Waals surface area (Å²) in [6.45, 7) is -0.541. The molecule has 3 nitrogen and oxygen atoms in total. The van der Waals surface area contributed by atoms with E-state index in [0.29, 0.717) is 0 Å². The standard InChI is InChI=1S/C4H7FO3/c5-4(7)2-8-1-3(4)6/h3,6-7H,1-2H2/t3-,4+/m0/s1. The summed E-state index contributed by atoms with van der Waals surface area (Å²) in [7, 11) is 0. The van der Waals surface area contributed by atoms with Crippen LogP contribution in [0.25, 0.3) is 0 Å². The lowest BCUT2D eigenvalue weighted by atomic mass is 10.2. The molecular formula is C4H7FO3. The summed E-state index contributed by atoms with van der Waals surface area (Å²) in [6, 6.07) is 0. The molecule has 8 heavy (non-hydrogen) atoms. The summed E-state index contributed by atoms with van der Waals surface area (Å²) in [5.41, 5.74) is 0. The first-order valence-corrected chi connectivity index (χ1v) is 2.30. The second-order valence-electron chi connectivity index (χ2n) is 1.85. The third-order valence-electron chi connectivity index (χ3n) is 1.09. The van der Waals surface area contributed by atoms with Crippen LogP contribution in [0.2, 0.25) is 0 Å². The molecule has 2 atom stereocenters. The Balaban J connectivity index is 2.54. The molecule has 4 heteroatoms. The molecule has 0 unspecified atom stereocenters. The van der Waals surface area contributed by atoms with Crippen molar-refractivity contribution in [3.05, 3.63) is 0 Å². The first-order valence-electron chi connectivity index (χ1n) is 2.30. The fourth-order valence-electron chi connectivity index (χ4n) is 0.538. The van der Waals surface area contributed by atoms with Crippen LogP contribution in [0.1, 0.15) is 0 Å². The minimum atomic E-state index is -2.51. The van der Waals surface area contributed by atoms with Crippen LogP contribution in [0, 0.1) is 0 Å². The summed E-state index contributed by atoms with van der Waals surface area (Å²) < 4.78 is 16.6. The third kappa shape index (κ3) is 0.819. The molecule has 0 spiro atoms. The summed E-state index contributed by atoms with van der Waals surface area (Å²) in [5.74, 6) is -2.51. The third-order valence-corrected chi connectivity index (χ3v) is 1.09. The molecule has 1 aliphatic rings. The van der Waals surface area contributed by atoms with E-state index in [1.54, 1.807) is 0 Å². The van der Waals surface area contributed by atoms with Crippen molar-refractivity contribution in [1.29, 1.82) is 0 Å². The van der Waals surface area contributed by atoms with Crippen molar-refractivity contribution in [2.75, 3.05) is 13.2 Å². The summed E-state index contributed by atoms with van der Waals surface area (Å²) >= 11 is 0. The average molecular weight is 122 g/mol. The van der Waals surface area contributed by atoms with Gasteiger partial charge in [-0.1, -0.05) is 0 Å². The normalized spacial score (nSPS) is 47.6. The van der Waals surface area contributed by atoms with Crippen LogP contribution >= 0.6 is 0 Å². The van der Waals surface area contributed by atoms with E-state index in [1.165, 1.54) is 0 Å². The SMILES string of the molecule is O[C@H]1COC[C@]1(O)F. The maximum atomic E-state index is 12.2. The second kappa shape index (κ2) is 1.65. The number of alkyl halides is 1. The molecule has 2 N–H and O–H groups in total. The number of aliphatic hydroxyl groups is 2. The van der Waals surface area contributed by atoms with Gasteiger partial charge in [0.05, 0.1) is 6.61 Å². The van der Waals surface area contributed by atoms with Gasteiger partial charge in [-0.05, 0) is 0 Å². The molecule has 1 aliphatic heterocycles. The molecule has 0 amide bonds. The van der Waals surface area contributed by atoms with Crippen LogP contribution in [-0.4, -0.2) is 35.4 Å². The van der Waals surface area contributed by atoms with Gasteiger partial charge in [-0.2, -0.15) is 0 Å². The largest absolute Gasteiger partial charge is 0.385 e. The molecule has 0 saturated carbocycles. The van der Waals surface area contributed by atoms with Gasteiger partial charge >= 0.3 is 0 Å². The number of hydrogen-bond donors (Lipinski definition) is 2. The molecular weight excluding hydrogens is 115 g/mol. The van der Waals surface area contributed by atoms with Gasteiger partial charge in [0, 0.05) is 0 Å². The van der Waals surface area contributed by atoms with Gasteiger partial charge in [-0.3, -0.25) is 0 Å². The van der Waals surface area contributed by atoms with Crippen LogP contribution in [-0.2, 0) is 4.74 Å². The van der Waals surface area contributed by atoms with Crippen molar-refractivity contribution >= 4 is 0 Å². The first kappa shape index (κ1) is 5.94. The van der Waals surface area contributed by atoms with Gasteiger partial charge in [0.2, 0.25) is 0 Å². The van der Waals surface area contributed by atoms with Gasteiger partial charge in [-0.25, -0.2) is 4.39 Å². The maximum Gasteiger partial charge on any atom is 0.258 e. The van der Waals surface area contributed by atoms with E-state index in [9.17, 15) is 4.39 Å². The van der Waals surface area contributed by atoms with Crippen molar-refractivity contribution < 1.29 is 19.3 Å². The summed E-state index contributed by atoms with van der Waals surface area (Å²) in [4.78, 5) is 0. The Bertz CT molecular complexity index is 93.3. The molecule has 1 heterocycles. The van der Waals surface area contributed by atoms with E-state index in [1.807, 2.05) is 0 Å². The zero-order chi connectivity index (χ0) is 6.20. The highest BCUT2D eigenvalue weighted by Gasteiger charge is 2.41. The number of aliphatic hydroxyl groups excluding tert-OH is 1. The Hall–Kier alpha value is -0.190. The van der Waals surface area contributed by atoms with Crippen molar-refractivity contribution in [2.24, 2.45) is 0 Å². The predicted molar refractivity (Wildman–Crippen MR) is 22.9 cm³/mol. The Morgan fingerprint density at radius 2 is 2.38 bits per heavy atom. The molecule has 0 aromatic heterocycles. The highest BCUT2D eigenvalue weighted by Crippen LogP contribution is 2.19. The van der Waals surface area contributed by atoms with Crippen LogP contribution in [0.5, 0.6) is 0 Å². The Morgan fingerprint density at radius 1 is 1.75 bits per heavy atom. The van der Waals surface area contributed by atoms with E-state index < -0.39 is 18.6 Å². The van der Waals surface area contributed by atoms with Crippen molar-refractivity contribution in [3.63, 3.8) is 0 Å². The molecule has 0 bridgehead atoms. The number of hydrogen-bond acceptors (Lipinski definition) is 3. The number of rotatable bonds is 0. The highest BCUT2D eigenvalue weighted by atomic mass is 19.2. The van der Waals surface area contributed by atoms with Crippen molar-refractivity contribution in [1.82, 2.24) is 0 Å². The van der Waals surface area contributed by atoms with Gasteiger partial charge in [0.1, 0.15) is 12.7 Å². The van der Waals surface area contributed by atoms with Gasteiger partial charge in [0.15, 0.2) is 0 Å². The lowest BCUT2D eigenvalue weighted by Crippen LogP contribution is -2.35. The summed E-state index contributed by atoms with van der Waals surface area (Å²) in [6.07, 6.45) is -1.37. The van der Waals surface area contributed by atoms with E-state index in [2.05, 4.69) is 4.74 Å². The molecule has 1 rings (SSSR count). The average Bonchev–Trinajstić information content (AvgIpc) is 1.86. The molecule has 0 aliphatic carbocycles. The van der Waals surface area contributed by atoms with E-state index >= 15 is 0 Å².